The van der Waals surface area contributed by atoms with Gasteiger partial charge in [-0.05, 0) is 13.8 Å². The monoisotopic (exact) mass is 426 g/mol. The van der Waals surface area contributed by atoms with Gasteiger partial charge in [-0.15, -0.1) is 0 Å². The van der Waals surface area contributed by atoms with Gasteiger partial charge in [-0.3, -0.25) is 15.4 Å². The number of nitrogens with one attached hydrogen (secondary N) is 1. The fourth-order valence-electron chi connectivity index (χ4n) is 3.34. The van der Waals surface area contributed by atoms with Gasteiger partial charge in [0.25, 0.3) is 5.69 Å². The Morgan fingerprint density at radius 1 is 1.13 bits per heavy atom. The van der Waals surface area contributed by atoms with Crippen molar-refractivity contribution in [3.63, 3.8) is 0 Å². The average molecular weight is 426 g/mol. The molecule has 0 fully saturated rings. The molecule has 1 unspecified atom stereocenters. The van der Waals surface area contributed by atoms with Crippen molar-refractivity contribution in [2.45, 2.75) is 25.9 Å². The van der Waals surface area contributed by atoms with Gasteiger partial charge in [-0.2, -0.15) is 10.1 Å². The Balaban J connectivity index is 2.12. The van der Waals surface area contributed by atoms with Crippen LogP contribution in [0.25, 0.3) is 0 Å². The second kappa shape index (κ2) is 9.24. The summed E-state index contributed by atoms with van der Waals surface area (Å²) in [6.45, 7) is 3.55. The molecule has 2 aromatic carbocycles. The minimum absolute atomic E-state index is 0.0514. The van der Waals surface area contributed by atoms with Crippen LogP contribution in [-0.2, 0) is 15.1 Å². The number of hydrogen-bond acceptors (Lipinski definition) is 7. The maximum absolute atomic E-state index is 12.8. The fraction of sp³-hybridized carbons (Fsp3) is 0.286. The number of nitro groups is 1. The molecule has 1 aliphatic rings. The van der Waals surface area contributed by atoms with Crippen LogP contribution in [0.3, 0.4) is 0 Å². The first-order valence-corrected chi connectivity index (χ1v) is 9.71. The molecule has 2 aromatic rings. The third kappa shape index (κ3) is 4.47. The van der Waals surface area contributed by atoms with Gasteiger partial charge in [-0.1, -0.05) is 42.5 Å². The van der Waals surface area contributed by atoms with Crippen LogP contribution in [0.15, 0.2) is 59.7 Å². The Labute approximate surface area is 178 Å². The average Bonchev–Trinajstić information content (AvgIpc) is 3.15. The van der Waals surface area contributed by atoms with Crippen molar-refractivity contribution < 1.29 is 24.0 Å². The molecule has 0 saturated carbocycles. The normalized spacial score (nSPS) is 17.6. The number of nitro benzene ring substituents is 1. The number of non-ortho nitro benzene ring substituents is 1. The van der Waals surface area contributed by atoms with Gasteiger partial charge in [-0.25, -0.2) is 9.59 Å². The van der Waals surface area contributed by atoms with E-state index in [4.69, 9.17) is 9.47 Å². The van der Waals surface area contributed by atoms with Gasteiger partial charge in [0.05, 0.1) is 23.8 Å². The summed E-state index contributed by atoms with van der Waals surface area (Å²) in [6, 6.07) is 14.7. The highest BCUT2D eigenvalue weighted by molar-refractivity contribution is 6.04. The van der Waals surface area contributed by atoms with Crippen molar-refractivity contribution in [1.29, 1.82) is 0 Å². The van der Waals surface area contributed by atoms with Gasteiger partial charge >= 0.3 is 12.2 Å². The SMILES string of the molecule is CCOC(=O)NC1(c2ccccc2)CC(c2cccc([N+](=O)[O-])c2)=NN1C(=O)OCC. The van der Waals surface area contributed by atoms with E-state index in [1.165, 1.54) is 18.2 Å². The summed E-state index contributed by atoms with van der Waals surface area (Å²) in [5.74, 6) is 0. The molecule has 0 radical (unpaired) electrons. The lowest BCUT2D eigenvalue weighted by Crippen LogP contribution is -2.56. The zero-order valence-electron chi connectivity index (χ0n) is 17.1. The highest BCUT2D eigenvalue weighted by atomic mass is 16.6. The maximum Gasteiger partial charge on any atom is 0.432 e. The molecule has 0 aliphatic carbocycles. The van der Waals surface area contributed by atoms with Crippen molar-refractivity contribution in [2.24, 2.45) is 5.10 Å². The predicted molar refractivity (Wildman–Crippen MR) is 111 cm³/mol. The lowest BCUT2D eigenvalue weighted by atomic mass is 9.91. The summed E-state index contributed by atoms with van der Waals surface area (Å²) in [5.41, 5.74) is -0.150. The molecular formula is C21H22N4O6. The Kier molecular flexibility index (Phi) is 6.49. The van der Waals surface area contributed by atoms with Gasteiger partial charge in [0, 0.05) is 29.7 Å². The van der Waals surface area contributed by atoms with Crippen molar-refractivity contribution in [2.75, 3.05) is 13.2 Å². The summed E-state index contributed by atoms with van der Waals surface area (Å²) in [4.78, 5) is 35.9. The van der Waals surface area contributed by atoms with E-state index in [1.807, 2.05) is 0 Å². The second-order valence-electron chi connectivity index (χ2n) is 6.61. The number of alkyl carbamates (subject to hydrolysis) is 1. The van der Waals surface area contributed by atoms with E-state index < -0.39 is 22.8 Å². The first-order chi connectivity index (χ1) is 14.9. The molecule has 3 rings (SSSR count). The molecule has 0 aromatic heterocycles. The number of nitrogens with zero attached hydrogens (tertiary/aromatic N) is 3. The van der Waals surface area contributed by atoms with Crippen molar-refractivity contribution in [1.82, 2.24) is 10.3 Å². The van der Waals surface area contributed by atoms with Crippen LogP contribution in [0.5, 0.6) is 0 Å². The van der Waals surface area contributed by atoms with Crippen LogP contribution in [0, 0.1) is 10.1 Å². The number of hydrogen-bond donors (Lipinski definition) is 1. The Morgan fingerprint density at radius 3 is 2.48 bits per heavy atom. The number of ether oxygens (including phenoxy) is 2. The number of rotatable bonds is 6. The molecule has 1 N–H and O–H groups in total. The van der Waals surface area contributed by atoms with E-state index >= 15 is 0 Å². The Hall–Kier alpha value is -3.95. The molecule has 1 aliphatic heterocycles. The highest BCUT2D eigenvalue weighted by Crippen LogP contribution is 2.38. The summed E-state index contributed by atoms with van der Waals surface area (Å²) in [6.07, 6.45) is -1.46. The third-order valence-corrected chi connectivity index (χ3v) is 4.67. The minimum atomic E-state index is -1.43. The van der Waals surface area contributed by atoms with Crippen LogP contribution in [0.4, 0.5) is 15.3 Å². The molecule has 10 nitrogen and oxygen atoms in total. The summed E-state index contributed by atoms with van der Waals surface area (Å²) >= 11 is 0. The molecule has 0 saturated heterocycles. The summed E-state index contributed by atoms with van der Waals surface area (Å²) in [7, 11) is 0. The van der Waals surface area contributed by atoms with Crippen molar-refractivity contribution >= 4 is 23.6 Å². The third-order valence-electron chi connectivity index (χ3n) is 4.67. The number of carbonyl (C=O) groups is 2. The molecule has 31 heavy (non-hydrogen) atoms. The first kappa shape index (κ1) is 21.8. The quantitative estimate of drug-likeness (QED) is 0.554. The largest absolute Gasteiger partial charge is 0.450 e. The lowest BCUT2D eigenvalue weighted by molar-refractivity contribution is -0.384. The molecule has 1 atom stereocenters. The molecule has 10 heteroatoms. The maximum atomic E-state index is 12.8. The van der Waals surface area contributed by atoms with Crippen LogP contribution < -0.4 is 5.32 Å². The smallest absolute Gasteiger partial charge is 0.432 e. The minimum Gasteiger partial charge on any atom is -0.450 e. The zero-order valence-corrected chi connectivity index (χ0v) is 17.1. The summed E-state index contributed by atoms with van der Waals surface area (Å²) < 4.78 is 10.2. The second-order valence-corrected chi connectivity index (χ2v) is 6.61. The summed E-state index contributed by atoms with van der Waals surface area (Å²) in [5, 5.41) is 19.4. The van der Waals surface area contributed by atoms with Crippen molar-refractivity contribution in [3.05, 3.63) is 75.8 Å². The first-order valence-electron chi connectivity index (χ1n) is 9.71. The van der Waals surface area contributed by atoms with E-state index in [0.717, 1.165) is 5.01 Å². The van der Waals surface area contributed by atoms with E-state index in [2.05, 4.69) is 10.4 Å². The van der Waals surface area contributed by atoms with E-state index in [9.17, 15) is 19.7 Å². The van der Waals surface area contributed by atoms with Gasteiger partial charge in [0.1, 0.15) is 0 Å². The van der Waals surface area contributed by atoms with Crippen molar-refractivity contribution in [3.8, 4) is 0 Å². The molecule has 0 bridgehead atoms. The Morgan fingerprint density at radius 2 is 1.84 bits per heavy atom. The Bertz CT molecular complexity index is 1010. The van der Waals surface area contributed by atoms with Gasteiger partial charge in [0.2, 0.25) is 0 Å². The van der Waals surface area contributed by atoms with Crippen LogP contribution >= 0.6 is 0 Å². The van der Waals surface area contributed by atoms with Gasteiger partial charge < -0.3 is 9.47 Å². The standard InChI is InChI=1S/C21H22N4O6/c1-3-30-19(26)22-21(16-10-6-5-7-11-16)14-18(23-24(21)20(27)31-4-2)15-9-8-12-17(13-15)25(28)29/h5-13H,3-4,14H2,1-2H3,(H,22,26). The van der Waals surface area contributed by atoms with Crippen LogP contribution in [0.2, 0.25) is 0 Å². The number of hydrazone groups is 1. The number of amides is 2. The molecule has 1 heterocycles. The number of carbonyl (C=O) groups excluding carboxylic acids is 2. The van der Waals surface area contributed by atoms with Crippen LogP contribution in [-0.4, -0.2) is 41.0 Å². The zero-order chi connectivity index (χ0) is 22.4. The van der Waals surface area contributed by atoms with Crippen LogP contribution in [0.1, 0.15) is 31.4 Å². The molecular weight excluding hydrogens is 404 g/mol. The van der Waals surface area contributed by atoms with Gasteiger partial charge in [0.15, 0.2) is 5.66 Å². The van der Waals surface area contributed by atoms with E-state index in [1.54, 1.807) is 50.2 Å². The predicted octanol–water partition coefficient (Wildman–Crippen LogP) is 3.76. The van der Waals surface area contributed by atoms with E-state index in [-0.39, 0.29) is 25.3 Å². The topological polar surface area (TPSA) is 123 Å². The molecule has 162 valence electrons. The lowest BCUT2D eigenvalue weighted by Gasteiger charge is -2.36. The molecule has 2 amide bonds. The number of benzene rings is 2. The fourth-order valence-corrected chi connectivity index (χ4v) is 3.34. The van der Waals surface area contributed by atoms with E-state index in [0.29, 0.717) is 16.8 Å². The molecule has 0 spiro atoms. The highest BCUT2D eigenvalue weighted by Gasteiger charge is 2.50.